The Labute approximate surface area is 198 Å². The fourth-order valence-electron chi connectivity index (χ4n) is 4.40. The van der Waals surface area contributed by atoms with Crippen LogP contribution in [-0.4, -0.2) is 25.6 Å². The van der Waals surface area contributed by atoms with E-state index in [0.29, 0.717) is 0 Å². The Bertz CT molecular complexity index is 1070. The molecule has 8 heteroatoms. The molecule has 0 aliphatic rings. The molecule has 34 heavy (non-hydrogen) atoms. The molecule has 3 rings (SSSR count). The van der Waals surface area contributed by atoms with Crippen LogP contribution in [0, 0.1) is 17.5 Å². The molecule has 0 fully saturated rings. The second-order valence-corrected chi connectivity index (χ2v) is 13.5. The van der Waals surface area contributed by atoms with Gasteiger partial charge in [-0.15, -0.1) is 0 Å². The molecule has 0 aliphatic carbocycles. The summed E-state index contributed by atoms with van der Waals surface area (Å²) in [6.45, 7) is 7.83. The minimum absolute atomic E-state index is 0.0655. The van der Waals surface area contributed by atoms with E-state index in [1.54, 1.807) is 6.92 Å². The quantitative estimate of drug-likeness (QED) is 0.348. The van der Waals surface area contributed by atoms with Gasteiger partial charge in [-0.2, -0.15) is 0 Å². The highest BCUT2D eigenvalue weighted by molar-refractivity contribution is 6.99. The lowest BCUT2D eigenvalue weighted by Gasteiger charge is -2.45. The van der Waals surface area contributed by atoms with Crippen LogP contribution in [0.4, 0.5) is 18.0 Å². The molecule has 0 spiro atoms. The summed E-state index contributed by atoms with van der Waals surface area (Å²) < 4.78 is 48.5. The van der Waals surface area contributed by atoms with E-state index in [0.717, 1.165) is 22.5 Å². The van der Waals surface area contributed by atoms with Crippen molar-refractivity contribution in [2.45, 2.75) is 44.9 Å². The van der Waals surface area contributed by atoms with Gasteiger partial charge in [0, 0.05) is 0 Å². The molecule has 0 heterocycles. The summed E-state index contributed by atoms with van der Waals surface area (Å²) in [7, 11) is -3.09. The van der Waals surface area contributed by atoms with Crippen molar-refractivity contribution in [2.24, 2.45) is 0 Å². The van der Waals surface area contributed by atoms with Gasteiger partial charge in [-0.25, -0.2) is 18.0 Å². The van der Waals surface area contributed by atoms with Gasteiger partial charge in [0.15, 0.2) is 17.5 Å². The maximum absolute atomic E-state index is 14.0. The minimum atomic E-state index is -3.09. The molecular weight excluding hydrogens is 459 g/mol. The van der Waals surface area contributed by atoms with Crippen molar-refractivity contribution in [3.63, 3.8) is 0 Å². The molecule has 0 saturated heterocycles. The van der Waals surface area contributed by atoms with Crippen LogP contribution in [0.3, 0.4) is 0 Å². The zero-order valence-electron chi connectivity index (χ0n) is 19.5. The highest BCUT2D eigenvalue weighted by Crippen LogP contribution is 2.39. The van der Waals surface area contributed by atoms with Crippen LogP contribution in [0.2, 0.25) is 5.04 Å². The molecule has 1 amide bonds. The first kappa shape index (κ1) is 25.5. The van der Waals surface area contributed by atoms with Gasteiger partial charge < -0.3 is 14.8 Å². The molecule has 0 bridgehead atoms. The molecule has 3 aromatic rings. The topological polar surface area (TPSA) is 58.6 Å². The lowest BCUT2D eigenvalue weighted by Crippen LogP contribution is -2.68. The monoisotopic (exact) mass is 487 g/mol. The summed E-state index contributed by atoms with van der Waals surface area (Å²) >= 11 is 0. The minimum Gasteiger partial charge on any atom is -0.465 e. The number of halogens is 3. The van der Waals surface area contributed by atoms with Gasteiger partial charge in [0.25, 0.3) is 8.32 Å². The third-order valence-electron chi connectivity index (χ3n) is 5.89. The number of hydrogen-bond donors (Lipinski definition) is 2. The van der Waals surface area contributed by atoms with Gasteiger partial charge in [-0.1, -0.05) is 81.4 Å². The van der Waals surface area contributed by atoms with Crippen molar-refractivity contribution >= 4 is 24.8 Å². The molecule has 0 unspecified atom stereocenters. The number of nitrogens with one attached hydrogen (secondary N) is 1. The van der Waals surface area contributed by atoms with E-state index in [-0.39, 0.29) is 5.56 Å². The largest absolute Gasteiger partial charge is 0.465 e. The fourth-order valence-corrected chi connectivity index (χ4v) is 9.11. The maximum atomic E-state index is 14.0. The van der Waals surface area contributed by atoms with Crippen molar-refractivity contribution in [2.75, 3.05) is 0 Å². The highest BCUT2D eigenvalue weighted by atomic mass is 28.4. The molecule has 0 aliphatic heterocycles. The summed E-state index contributed by atoms with van der Waals surface area (Å²) in [6.07, 6.45) is -2.25. The smallest absolute Gasteiger partial charge is 0.405 e. The zero-order chi connectivity index (χ0) is 25.1. The first-order valence-corrected chi connectivity index (χ1v) is 12.8. The Morgan fingerprint density at radius 1 is 0.912 bits per heavy atom. The van der Waals surface area contributed by atoms with Crippen LogP contribution in [0.15, 0.2) is 72.8 Å². The highest BCUT2D eigenvalue weighted by Gasteiger charge is 2.51. The van der Waals surface area contributed by atoms with Gasteiger partial charge >= 0.3 is 6.09 Å². The molecule has 180 valence electrons. The standard InChI is InChI=1S/C26H28F3NO3Si/c1-17(24(30-25(31)32)18-15-21(27)23(29)22(28)16-18)33-34(26(2,3)4,19-11-7-5-8-12-19)20-13-9-6-10-14-20/h5-17,24,30H,1-4H3,(H,31,32)/t17-,24+/m1/s1. The van der Waals surface area contributed by atoms with Gasteiger partial charge in [0.2, 0.25) is 0 Å². The van der Waals surface area contributed by atoms with Crippen molar-refractivity contribution in [1.29, 1.82) is 0 Å². The molecule has 2 N–H and O–H groups in total. The van der Waals surface area contributed by atoms with Crippen LogP contribution >= 0.6 is 0 Å². The summed E-state index contributed by atoms with van der Waals surface area (Å²) in [5.41, 5.74) is -0.0655. The van der Waals surface area contributed by atoms with Crippen LogP contribution in [-0.2, 0) is 4.43 Å². The average molecular weight is 488 g/mol. The Hall–Kier alpha value is -3.10. The third kappa shape index (κ3) is 5.03. The first-order valence-electron chi connectivity index (χ1n) is 10.9. The van der Waals surface area contributed by atoms with Crippen LogP contribution in [0.1, 0.15) is 39.3 Å². The lowest BCUT2D eigenvalue weighted by molar-refractivity contribution is 0.142. The number of rotatable bonds is 7. The summed E-state index contributed by atoms with van der Waals surface area (Å²) in [5.74, 6) is -4.41. The molecule has 3 aromatic carbocycles. The van der Waals surface area contributed by atoms with Gasteiger partial charge in [-0.05, 0) is 40.0 Å². The second-order valence-electron chi connectivity index (χ2n) is 9.21. The van der Waals surface area contributed by atoms with Crippen molar-refractivity contribution in [3.05, 3.63) is 95.8 Å². The molecule has 0 radical (unpaired) electrons. The second kappa shape index (κ2) is 10.0. The van der Waals surface area contributed by atoms with Crippen LogP contribution < -0.4 is 15.7 Å². The Morgan fingerprint density at radius 2 is 1.35 bits per heavy atom. The van der Waals surface area contributed by atoms with Crippen molar-refractivity contribution in [1.82, 2.24) is 5.32 Å². The van der Waals surface area contributed by atoms with Crippen LogP contribution in [0.5, 0.6) is 0 Å². The average Bonchev–Trinajstić information content (AvgIpc) is 2.79. The molecule has 0 saturated carbocycles. The SMILES string of the molecule is C[C@@H](O[Si](c1ccccc1)(c1ccccc1)C(C)(C)C)[C@H](NC(=O)O)c1cc(F)c(F)c(F)c1. The number of benzene rings is 3. The number of carboxylic acid groups (broad SMARTS) is 1. The van der Waals surface area contributed by atoms with E-state index in [1.807, 2.05) is 60.7 Å². The number of hydrogen-bond acceptors (Lipinski definition) is 2. The van der Waals surface area contributed by atoms with Gasteiger partial charge in [0.1, 0.15) is 0 Å². The molecule has 0 aromatic heterocycles. The summed E-state index contributed by atoms with van der Waals surface area (Å²) in [5, 5.41) is 13.3. The van der Waals surface area contributed by atoms with Gasteiger partial charge in [0.05, 0.1) is 12.1 Å². The number of amides is 1. The van der Waals surface area contributed by atoms with E-state index < -0.39 is 49.0 Å². The van der Waals surface area contributed by atoms with E-state index >= 15 is 0 Å². The van der Waals surface area contributed by atoms with Crippen LogP contribution in [0.25, 0.3) is 0 Å². The number of carbonyl (C=O) groups is 1. The Morgan fingerprint density at radius 3 is 1.74 bits per heavy atom. The zero-order valence-corrected chi connectivity index (χ0v) is 20.5. The Balaban J connectivity index is 2.18. The molecule has 2 atom stereocenters. The van der Waals surface area contributed by atoms with Crippen molar-refractivity contribution in [3.8, 4) is 0 Å². The van der Waals surface area contributed by atoms with Gasteiger partial charge in [-0.3, -0.25) is 0 Å². The molecular formula is C26H28F3NO3Si. The van der Waals surface area contributed by atoms with E-state index in [9.17, 15) is 23.1 Å². The lowest BCUT2D eigenvalue weighted by atomic mass is 10.0. The molecule has 4 nitrogen and oxygen atoms in total. The maximum Gasteiger partial charge on any atom is 0.405 e. The summed E-state index contributed by atoms with van der Waals surface area (Å²) in [4.78, 5) is 11.6. The Kier molecular flexibility index (Phi) is 7.53. The normalized spacial score (nSPS) is 13.9. The predicted octanol–water partition coefficient (Wildman–Crippen LogP) is 5.38. The summed E-state index contributed by atoms with van der Waals surface area (Å²) in [6, 6.07) is 19.8. The first-order chi connectivity index (χ1) is 16.0. The van der Waals surface area contributed by atoms with E-state index in [4.69, 9.17) is 4.43 Å². The van der Waals surface area contributed by atoms with Crippen molar-refractivity contribution < 1.29 is 27.5 Å². The van der Waals surface area contributed by atoms with E-state index in [2.05, 4.69) is 26.1 Å². The third-order valence-corrected chi connectivity index (χ3v) is 11.0. The predicted molar refractivity (Wildman–Crippen MR) is 128 cm³/mol. The fraction of sp³-hybridized carbons (Fsp3) is 0.269. The van der Waals surface area contributed by atoms with E-state index in [1.165, 1.54) is 0 Å².